The van der Waals surface area contributed by atoms with Gasteiger partial charge in [-0.1, -0.05) is 208 Å². The Labute approximate surface area is 403 Å². The third-order valence-corrected chi connectivity index (χ3v) is 14.6. The highest BCUT2D eigenvalue weighted by atomic mass is 15.1. The molecular weight excluding hydrogens is 833 g/mol. The molecule has 0 spiro atoms. The van der Waals surface area contributed by atoms with Gasteiger partial charge in [-0.15, -0.1) is 0 Å². The zero-order chi connectivity index (χ0) is 46.1. The van der Waals surface area contributed by atoms with Crippen molar-refractivity contribution in [2.45, 2.75) is 19.3 Å². The lowest BCUT2D eigenvalue weighted by atomic mass is 9.80. The van der Waals surface area contributed by atoms with E-state index in [-0.39, 0.29) is 5.41 Å². The second-order valence-corrected chi connectivity index (χ2v) is 18.8. The van der Waals surface area contributed by atoms with Gasteiger partial charge in [0, 0.05) is 38.5 Å². The highest BCUT2D eigenvalue weighted by molar-refractivity contribution is 6.11. The van der Waals surface area contributed by atoms with Gasteiger partial charge in [0.1, 0.15) is 0 Å². The van der Waals surface area contributed by atoms with Crippen molar-refractivity contribution >= 4 is 49.6 Å². The summed E-state index contributed by atoms with van der Waals surface area (Å²) in [7, 11) is 0. The van der Waals surface area contributed by atoms with Crippen LogP contribution in [0, 0.1) is 0 Å². The number of rotatable bonds is 8. The van der Waals surface area contributed by atoms with Crippen LogP contribution in [0.15, 0.2) is 255 Å². The number of fused-ring (bicyclic) bond motifs is 7. The van der Waals surface area contributed by atoms with Crippen LogP contribution in [0.25, 0.3) is 93.9 Å². The van der Waals surface area contributed by atoms with E-state index >= 15 is 0 Å². The van der Waals surface area contributed by atoms with Gasteiger partial charge >= 0.3 is 0 Å². The molecule has 1 heterocycles. The maximum Gasteiger partial charge on any atom is 0.0541 e. The monoisotopic (exact) mass is 880 g/mol. The van der Waals surface area contributed by atoms with Crippen LogP contribution in [0.2, 0.25) is 0 Å². The molecule has 2 nitrogen and oxygen atoms in total. The molecule has 11 aromatic carbocycles. The Hall–Kier alpha value is -8.72. The van der Waals surface area contributed by atoms with Gasteiger partial charge in [0.2, 0.25) is 0 Å². The third kappa shape index (κ3) is 6.63. The van der Waals surface area contributed by atoms with Gasteiger partial charge < -0.3 is 9.47 Å². The first-order chi connectivity index (χ1) is 34.0. The molecule has 0 saturated carbocycles. The maximum atomic E-state index is 2.49. The molecule has 0 amide bonds. The fourth-order valence-corrected chi connectivity index (χ4v) is 11.3. The summed E-state index contributed by atoms with van der Waals surface area (Å²) in [6, 6.07) is 93.7. The summed E-state index contributed by atoms with van der Waals surface area (Å²) < 4.78 is 2.47. The molecule has 0 fully saturated rings. The Morgan fingerprint density at radius 3 is 1.41 bits per heavy atom. The molecule has 12 aromatic rings. The quantitative estimate of drug-likeness (QED) is 0.148. The van der Waals surface area contributed by atoms with Crippen LogP contribution < -0.4 is 4.90 Å². The van der Waals surface area contributed by atoms with Crippen LogP contribution in [0.5, 0.6) is 0 Å². The number of nitrogens with zero attached hydrogens (tertiary/aromatic N) is 2. The molecule has 0 radical (unpaired) electrons. The van der Waals surface area contributed by atoms with Gasteiger partial charge in [0.05, 0.1) is 22.4 Å². The average Bonchev–Trinajstić information content (AvgIpc) is 3.87. The zero-order valence-electron chi connectivity index (χ0n) is 38.6. The second-order valence-electron chi connectivity index (χ2n) is 18.8. The van der Waals surface area contributed by atoms with Crippen molar-refractivity contribution in [3.8, 4) is 61.3 Å². The summed E-state index contributed by atoms with van der Waals surface area (Å²) in [4.78, 5) is 2.42. The van der Waals surface area contributed by atoms with Gasteiger partial charge in [-0.05, 0) is 127 Å². The van der Waals surface area contributed by atoms with Crippen molar-refractivity contribution in [1.82, 2.24) is 4.57 Å². The largest absolute Gasteiger partial charge is 0.310 e. The predicted octanol–water partition coefficient (Wildman–Crippen LogP) is 18.4. The average molecular weight is 881 g/mol. The number of aromatic nitrogens is 1. The van der Waals surface area contributed by atoms with E-state index in [9.17, 15) is 0 Å². The molecule has 0 saturated heterocycles. The smallest absolute Gasteiger partial charge is 0.0541 e. The Kier molecular flexibility index (Phi) is 9.55. The van der Waals surface area contributed by atoms with Crippen molar-refractivity contribution in [2.75, 3.05) is 4.90 Å². The van der Waals surface area contributed by atoms with E-state index in [1.54, 1.807) is 0 Å². The Bertz CT molecular complexity index is 3760. The lowest BCUT2D eigenvalue weighted by molar-refractivity contribution is 0.660. The highest BCUT2D eigenvalue weighted by Crippen LogP contribution is 2.55. The predicted molar refractivity (Wildman–Crippen MR) is 292 cm³/mol. The van der Waals surface area contributed by atoms with Crippen molar-refractivity contribution in [2.24, 2.45) is 0 Å². The van der Waals surface area contributed by atoms with Gasteiger partial charge in [0.25, 0.3) is 0 Å². The number of anilines is 3. The Morgan fingerprint density at radius 1 is 0.319 bits per heavy atom. The van der Waals surface area contributed by atoms with Gasteiger partial charge in [-0.25, -0.2) is 0 Å². The molecule has 1 aromatic heterocycles. The Morgan fingerprint density at radius 2 is 0.797 bits per heavy atom. The molecule has 326 valence electrons. The number of hydrogen-bond donors (Lipinski definition) is 0. The molecule has 0 bridgehead atoms. The summed E-state index contributed by atoms with van der Waals surface area (Å²) in [5.74, 6) is 0. The van der Waals surface area contributed by atoms with Crippen molar-refractivity contribution in [3.63, 3.8) is 0 Å². The molecule has 0 unspecified atom stereocenters. The molecule has 1 aliphatic rings. The first-order valence-corrected chi connectivity index (χ1v) is 24.0. The lowest BCUT2D eigenvalue weighted by Crippen LogP contribution is -2.15. The standard InChI is InChI=1S/C67H48N2/c1-67(2)60-29-15-11-28-58(60)66-59(57-27-14-18-32-64(57)69-62-30-16-12-25-55(62)56-26-13-17-31-63(56)69)43-49(44-61(66)67)52-41-42-65(54-24-10-9-23-53(52)54)68(50-37-33-47(34-38-50)45-19-5-3-6-20-45)51-39-35-48(36-40-51)46-21-7-4-8-22-46/h3-44H,1-2H3. The fourth-order valence-electron chi connectivity index (χ4n) is 11.3. The van der Waals surface area contributed by atoms with E-state index in [1.165, 1.54) is 105 Å². The van der Waals surface area contributed by atoms with Crippen LogP contribution in [0.3, 0.4) is 0 Å². The number of benzene rings is 11. The van der Waals surface area contributed by atoms with Crippen LogP contribution >= 0.6 is 0 Å². The van der Waals surface area contributed by atoms with E-state index in [2.05, 4.69) is 278 Å². The van der Waals surface area contributed by atoms with E-state index in [0.29, 0.717) is 0 Å². The van der Waals surface area contributed by atoms with E-state index in [0.717, 1.165) is 17.1 Å². The van der Waals surface area contributed by atoms with Gasteiger partial charge in [0.15, 0.2) is 0 Å². The first kappa shape index (κ1) is 40.5. The molecule has 1 aliphatic carbocycles. The third-order valence-electron chi connectivity index (χ3n) is 14.6. The van der Waals surface area contributed by atoms with Crippen LogP contribution in [-0.2, 0) is 5.41 Å². The normalized spacial score (nSPS) is 12.6. The molecular formula is C67H48N2. The van der Waals surface area contributed by atoms with Crippen LogP contribution in [0.1, 0.15) is 25.0 Å². The SMILES string of the molecule is CC1(C)c2ccccc2-c2c(-c3ccccc3-n3c4ccccc4c4ccccc43)cc(-c3ccc(N(c4ccc(-c5ccccc5)cc4)c4ccc(-c5ccccc5)cc4)c4ccccc34)cc21. The summed E-state index contributed by atoms with van der Waals surface area (Å²) in [6.45, 7) is 4.80. The van der Waals surface area contributed by atoms with Crippen LogP contribution in [0.4, 0.5) is 17.1 Å². The number of hydrogen-bond acceptors (Lipinski definition) is 1. The topological polar surface area (TPSA) is 8.17 Å². The molecule has 0 atom stereocenters. The maximum absolute atomic E-state index is 2.49. The summed E-state index contributed by atoms with van der Waals surface area (Å²) in [6.07, 6.45) is 0. The van der Waals surface area contributed by atoms with E-state index in [1.807, 2.05) is 0 Å². The van der Waals surface area contributed by atoms with Crippen molar-refractivity contribution in [1.29, 1.82) is 0 Å². The van der Waals surface area contributed by atoms with Crippen LogP contribution in [-0.4, -0.2) is 4.57 Å². The summed E-state index contributed by atoms with van der Waals surface area (Å²) >= 11 is 0. The first-order valence-electron chi connectivity index (χ1n) is 24.0. The minimum atomic E-state index is -0.219. The lowest BCUT2D eigenvalue weighted by Gasteiger charge is -2.28. The molecule has 0 aliphatic heterocycles. The van der Waals surface area contributed by atoms with Crippen molar-refractivity contribution < 1.29 is 0 Å². The fraction of sp³-hybridized carbons (Fsp3) is 0.0448. The van der Waals surface area contributed by atoms with E-state index in [4.69, 9.17) is 0 Å². The molecule has 13 rings (SSSR count). The zero-order valence-corrected chi connectivity index (χ0v) is 38.6. The second kappa shape index (κ2) is 16.3. The number of para-hydroxylation sites is 3. The Balaban J connectivity index is 1.02. The molecule has 0 N–H and O–H groups in total. The molecule has 69 heavy (non-hydrogen) atoms. The van der Waals surface area contributed by atoms with E-state index < -0.39 is 0 Å². The summed E-state index contributed by atoms with van der Waals surface area (Å²) in [5, 5.41) is 4.91. The van der Waals surface area contributed by atoms with Gasteiger partial charge in [-0.3, -0.25) is 0 Å². The summed E-state index contributed by atoms with van der Waals surface area (Å²) in [5.41, 5.74) is 21.7. The molecule has 2 heteroatoms. The highest BCUT2D eigenvalue weighted by Gasteiger charge is 2.38. The van der Waals surface area contributed by atoms with Crippen molar-refractivity contribution in [3.05, 3.63) is 266 Å². The minimum Gasteiger partial charge on any atom is -0.310 e. The van der Waals surface area contributed by atoms with Gasteiger partial charge in [-0.2, -0.15) is 0 Å². The minimum absolute atomic E-state index is 0.219.